The van der Waals surface area contributed by atoms with Crippen LogP contribution in [-0.4, -0.2) is 50.3 Å². The molecule has 0 spiro atoms. The quantitative estimate of drug-likeness (QED) is 0.163. The Hall–Kier alpha value is -2.21. The van der Waals surface area contributed by atoms with Gasteiger partial charge in [0.25, 0.3) is 11.9 Å². The van der Waals surface area contributed by atoms with Crippen LogP contribution in [0.25, 0.3) is 0 Å². The molecule has 1 aliphatic heterocycles. The van der Waals surface area contributed by atoms with Crippen molar-refractivity contribution in [1.82, 2.24) is 14.9 Å². The SMILES string of the molecule is CC(C)(c1ccc(OCc2ccnc(N[N+](C)(O)S)n2)cc1)c1cc(Cl)c(CN2CC(F)(F)C2)c(Cl)c1. The molecule has 0 bridgehead atoms. The summed E-state index contributed by atoms with van der Waals surface area (Å²) < 4.78 is 31.5. The minimum Gasteiger partial charge on any atom is -0.487 e. The number of aromatic nitrogens is 2. The molecule has 2 heterocycles. The van der Waals surface area contributed by atoms with Crippen LogP contribution < -0.4 is 10.2 Å². The Morgan fingerprint density at radius 1 is 1.14 bits per heavy atom. The second kappa shape index (κ2) is 10.5. The molecule has 0 aliphatic carbocycles. The van der Waals surface area contributed by atoms with Crippen molar-refractivity contribution in [2.75, 3.05) is 25.6 Å². The van der Waals surface area contributed by atoms with Crippen molar-refractivity contribution in [3.05, 3.63) is 81.1 Å². The van der Waals surface area contributed by atoms with Gasteiger partial charge in [-0.1, -0.05) is 49.2 Å². The number of benzene rings is 2. The fraction of sp³-hybridized carbons (Fsp3) is 0.360. The molecule has 1 atom stereocenters. The van der Waals surface area contributed by atoms with Gasteiger partial charge >= 0.3 is 0 Å². The molecular formula is C25H28Cl2F2N5O2S+. The Balaban J connectivity index is 1.43. The van der Waals surface area contributed by atoms with E-state index in [4.69, 9.17) is 27.9 Å². The summed E-state index contributed by atoms with van der Waals surface area (Å²) in [5.41, 5.74) is 5.39. The van der Waals surface area contributed by atoms with E-state index in [9.17, 15) is 14.0 Å². The van der Waals surface area contributed by atoms with E-state index < -0.39 is 15.5 Å². The van der Waals surface area contributed by atoms with E-state index in [1.165, 1.54) is 7.05 Å². The maximum absolute atomic E-state index is 13.2. The largest absolute Gasteiger partial charge is 0.487 e. The number of alkyl halides is 2. The summed E-state index contributed by atoms with van der Waals surface area (Å²) in [4.78, 5) is 9.95. The van der Waals surface area contributed by atoms with Gasteiger partial charge in [-0.05, 0) is 45.6 Å². The van der Waals surface area contributed by atoms with Crippen LogP contribution in [-0.2, 0) is 18.6 Å². The summed E-state index contributed by atoms with van der Waals surface area (Å²) >= 11 is 17.0. The van der Waals surface area contributed by atoms with Crippen molar-refractivity contribution >= 4 is 42.0 Å². The molecule has 2 aromatic carbocycles. The monoisotopic (exact) mass is 570 g/mol. The highest BCUT2D eigenvalue weighted by Crippen LogP contribution is 2.39. The molecule has 1 aliphatic rings. The maximum atomic E-state index is 13.2. The lowest BCUT2D eigenvalue weighted by Crippen LogP contribution is -2.55. The molecule has 1 fully saturated rings. The zero-order valence-corrected chi connectivity index (χ0v) is 23.0. The molecule has 1 saturated heterocycles. The molecule has 37 heavy (non-hydrogen) atoms. The summed E-state index contributed by atoms with van der Waals surface area (Å²) in [5.74, 6) is -1.77. The van der Waals surface area contributed by atoms with Crippen molar-refractivity contribution in [2.24, 2.45) is 0 Å². The first-order valence-electron chi connectivity index (χ1n) is 11.5. The third-order valence-corrected chi connectivity index (χ3v) is 6.92. The van der Waals surface area contributed by atoms with Crippen molar-refractivity contribution in [3.8, 4) is 5.75 Å². The van der Waals surface area contributed by atoms with E-state index >= 15 is 0 Å². The number of thiol groups is 1. The van der Waals surface area contributed by atoms with E-state index in [1.807, 2.05) is 36.4 Å². The van der Waals surface area contributed by atoms with Crippen LogP contribution in [0.4, 0.5) is 14.7 Å². The van der Waals surface area contributed by atoms with Gasteiger partial charge in [-0.2, -0.15) is 10.6 Å². The van der Waals surface area contributed by atoms with Gasteiger partial charge in [0.2, 0.25) is 0 Å². The van der Waals surface area contributed by atoms with Gasteiger partial charge in [0.05, 0.1) is 18.8 Å². The molecule has 1 unspecified atom stereocenters. The minimum absolute atomic E-state index is 0.206. The fourth-order valence-electron chi connectivity index (χ4n) is 4.07. The zero-order chi connectivity index (χ0) is 27.0. The first kappa shape index (κ1) is 27.8. The van der Waals surface area contributed by atoms with Gasteiger partial charge in [0.1, 0.15) is 32.2 Å². The number of nitrogens with one attached hydrogen (secondary N) is 1. The molecule has 4 rings (SSSR count). The predicted octanol–water partition coefficient (Wildman–Crippen LogP) is 6.15. The van der Waals surface area contributed by atoms with E-state index in [2.05, 4.69) is 42.1 Å². The van der Waals surface area contributed by atoms with Crippen molar-refractivity contribution < 1.29 is 22.9 Å². The first-order valence-corrected chi connectivity index (χ1v) is 12.6. The van der Waals surface area contributed by atoms with Gasteiger partial charge in [-0.25, -0.2) is 18.7 Å². The van der Waals surface area contributed by atoms with E-state index in [1.54, 1.807) is 17.2 Å². The number of rotatable bonds is 9. The summed E-state index contributed by atoms with van der Waals surface area (Å²) in [6.07, 6.45) is 1.56. The highest BCUT2D eigenvalue weighted by atomic mass is 35.5. The molecule has 2 N–H and O–H groups in total. The Morgan fingerprint density at radius 3 is 2.32 bits per heavy atom. The smallest absolute Gasteiger partial charge is 0.273 e. The Kier molecular flexibility index (Phi) is 7.90. The van der Waals surface area contributed by atoms with Gasteiger partial charge < -0.3 is 4.74 Å². The second-order valence-electron chi connectivity index (χ2n) is 9.75. The van der Waals surface area contributed by atoms with E-state index in [0.29, 0.717) is 27.1 Å². The van der Waals surface area contributed by atoms with Gasteiger partial charge in [-0.3, -0.25) is 4.90 Å². The van der Waals surface area contributed by atoms with E-state index in [0.717, 1.165) is 11.1 Å². The van der Waals surface area contributed by atoms with Crippen LogP contribution in [0.3, 0.4) is 0 Å². The predicted molar refractivity (Wildman–Crippen MR) is 142 cm³/mol. The second-order valence-corrected chi connectivity index (χ2v) is 11.3. The number of halogens is 4. The number of nitrogens with zero attached hydrogens (tertiary/aromatic N) is 4. The standard InChI is InChI=1S/C25H28Cl2F2N5O2S/c1-24(2,17-10-21(26)20(22(27)11-17)12-33-14-25(28,29)15-33)16-4-6-19(7-5-16)36-13-18-8-9-30-23(31-18)32-34(3,35)37/h4-11,35,37H,12-15H2,1-3H3,(H,30,31,32)/q+1. The topological polar surface area (TPSA) is 70.5 Å². The lowest BCUT2D eigenvalue weighted by atomic mass is 9.78. The number of quaternary nitrogens is 1. The number of anilines is 1. The molecule has 0 radical (unpaired) electrons. The summed E-state index contributed by atoms with van der Waals surface area (Å²) in [5, 5.41) is 10.6. The van der Waals surface area contributed by atoms with Gasteiger partial charge in [0, 0.05) is 33.8 Å². The number of hydrogen-bond donors (Lipinski definition) is 3. The normalized spacial score (nSPS) is 17.1. The van der Waals surface area contributed by atoms with Crippen LogP contribution in [0.2, 0.25) is 10.0 Å². The van der Waals surface area contributed by atoms with Gasteiger partial charge in [-0.15, -0.1) is 0 Å². The Morgan fingerprint density at radius 2 is 1.76 bits per heavy atom. The summed E-state index contributed by atoms with van der Waals surface area (Å²) in [6, 6.07) is 13.1. The third-order valence-electron chi connectivity index (χ3n) is 6.14. The van der Waals surface area contributed by atoms with Crippen LogP contribution in [0.5, 0.6) is 5.75 Å². The van der Waals surface area contributed by atoms with Crippen LogP contribution in [0.15, 0.2) is 48.7 Å². The van der Waals surface area contributed by atoms with E-state index in [-0.39, 0.29) is 32.2 Å². The van der Waals surface area contributed by atoms with Crippen molar-refractivity contribution in [1.29, 1.82) is 0 Å². The lowest BCUT2D eigenvalue weighted by molar-refractivity contribution is -0.955. The lowest BCUT2D eigenvalue weighted by Gasteiger charge is -2.39. The molecule has 1 aromatic heterocycles. The Labute approximate surface area is 230 Å². The molecule has 12 heteroatoms. The number of hydrogen-bond acceptors (Lipinski definition) is 7. The Bertz CT molecular complexity index is 1240. The summed E-state index contributed by atoms with van der Waals surface area (Å²) in [7, 11) is 1.41. The highest BCUT2D eigenvalue weighted by Gasteiger charge is 2.43. The van der Waals surface area contributed by atoms with Crippen LogP contribution in [0.1, 0.15) is 36.2 Å². The maximum Gasteiger partial charge on any atom is 0.273 e. The van der Waals surface area contributed by atoms with Crippen LogP contribution in [0, 0.1) is 0 Å². The summed E-state index contributed by atoms with van der Waals surface area (Å²) in [6.45, 7) is 4.05. The molecule has 3 aromatic rings. The van der Waals surface area contributed by atoms with Crippen molar-refractivity contribution in [2.45, 2.75) is 38.3 Å². The minimum atomic E-state index is -2.64. The third kappa shape index (κ3) is 7.01. The van der Waals surface area contributed by atoms with Crippen molar-refractivity contribution in [3.63, 3.8) is 0 Å². The molecular weight excluding hydrogens is 543 g/mol. The molecule has 7 nitrogen and oxygen atoms in total. The van der Waals surface area contributed by atoms with Gasteiger partial charge in [0.15, 0.2) is 0 Å². The van der Waals surface area contributed by atoms with Crippen LogP contribution >= 0.6 is 36.0 Å². The number of ether oxygens (including phenoxy) is 1. The fourth-order valence-corrected chi connectivity index (χ4v) is 4.77. The first-order chi connectivity index (χ1) is 17.2. The zero-order valence-electron chi connectivity index (χ0n) is 20.6. The number of hydroxylamine groups is 1. The molecule has 0 amide bonds. The number of likely N-dealkylation sites (tertiary alicyclic amines) is 1. The average molecular weight is 572 g/mol. The molecule has 0 saturated carbocycles. The highest BCUT2D eigenvalue weighted by molar-refractivity contribution is 7.74. The molecule has 198 valence electrons. The average Bonchev–Trinajstić information content (AvgIpc) is 2.78.